The summed E-state index contributed by atoms with van der Waals surface area (Å²) in [5.41, 5.74) is 4.06. The number of para-hydroxylation sites is 1. The lowest BCUT2D eigenvalue weighted by atomic mass is 10.1. The number of nitrogens with one attached hydrogen (secondary N) is 2. The Kier molecular flexibility index (Phi) is 4.77. The zero-order valence-corrected chi connectivity index (χ0v) is 11.9. The van der Waals surface area contributed by atoms with Gasteiger partial charge in [-0.3, -0.25) is 4.79 Å². The second-order valence-corrected chi connectivity index (χ2v) is 4.73. The van der Waals surface area contributed by atoms with Crippen molar-refractivity contribution in [2.45, 2.75) is 13.3 Å². The molecule has 0 fully saturated rings. The van der Waals surface area contributed by atoms with E-state index in [4.69, 9.17) is 0 Å². The van der Waals surface area contributed by atoms with Gasteiger partial charge in [-0.2, -0.15) is 0 Å². The highest BCUT2D eigenvalue weighted by Crippen LogP contribution is 2.13. The lowest BCUT2D eigenvalue weighted by molar-refractivity contribution is 0.0955. The molecule has 104 valence electrons. The number of hydrogen-bond acceptors (Lipinski definition) is 2. The lowest BCUT2D eigenvalue weighted by Crippen LogP contribution is -2.26. The molecule has 20 heavy (non-hydrogen) atoms. The van der Waals surface area contributed by atoms with E-state index in [-0.39, 0.29) is 5.91 Å². The highest BCUT2D eigenvalue weighted by atomic mass is 16.1. The van der Waals surface area contributed by atoms with Crippen molar-refractivity contribution in [3.05, 3.63) is 65.2 Å². The molecular formula is C17H20N2O. The van der Waals surface area contributed by atoms with Crippen LogP contribution in [0, 0.1) is 6.92 Å². The molecule has 3 heteroatoms. The van der Waals surface area contributed by atoms with Crippen LogP contribution >= 0.6 is 0 Å². The van der Waals surface area contributed by atoms with Crippen LogP contribution in [0.25, 0.3) is 0 Å². The van der Waals surface area contributed by atoms with E-state index < -0.39 is 0 Å². The van der Waals surface area contributed by atoms with Gasteiger partial charge in [0.2, 0.25) is 0 Å². The summed E-state index contributed by atoms with van der Waals surface area (Å²) in [7, 11) is 1.82. The average molecular weight is 268 g/mol. The Morgan fingerprint density at radius 3 is 2.50 bits per heavy atom. The molecule has 1 amide bonds. The van der Waals surface area contributed by atoms with Crippen LogP contribution < -0.4 is 10.6 Å². The van der Waals surface area contributed by atoms with E-state index >= 15 is 0 Å². The zero-order valence-electron chi connectivity index (χ0n) is 11.9. The first kappa shape index (κ1) is 14.1. The Morgan fingerprint density at radius 2 is 1.75 bits per heavy atom. The third-order valence-electron chi connectivity index (χ3n) is 3.38. The second kappa shape index (κ2) is 6.75. The number of amides is 1. The van der Waals surface area contributed by atoms with Gasteiger partial charge in [0.1, 0.15) is 0 Å². The summed E-state index contributed by atoms with van der Waals surface area (Å²) < 4.78 is 0. The predicted molar refractivity (Wildman–Crippen MR) is 83.2 cm³/mol. The van der Waals surface area contributed by atoms with Gasteiger partial charge in [0.15, 0.2) is 0 Å². The van der Waals surface area contributed by atoms with Crippen LogP contribution in [0.2, 0.25) is 0 Å². The van der Waals surface area contributed by atoms with Gasteiger partial charge in [-0.25, -0.2) is 0 Å². The fourth-order valence-electron chi connectivity index (χ4n) is 2.20. The number of rotatable bonds is 5. The molecule has 2 aromatic carbocycles. The van der Waals surface area contributed by atoms with Gasteiger partial charge in [0.05, 0.1) is 5.56 Å². The molecular weight excluding hydrogens is 248 g/mol. The summed E-state index contributed by atoms with van der Waals surface area (Å²) >= 11 is 0. The van der Waals surface area contributed by atoms with Gasteiger partial charge >= 0.3 is 0 Å². The van der Waals surface area contributed by atoms with Crippen LogP contribution in [0.5, 0.6) is 0 Å². The Hall–Kier alpha value is -2.29. The smallest absolute Gasteiger partial charge is 0.253 e. The third-order valence-corrected chi connectivity index (χ3v) is 3.38. The monoisotopic (exact) mass is 268 g/mol. The largest absolute Gasteiger partial charge is 0.387 e. The molecule has 0 unspecified atom stereocenters. The van der Waals surface area contributed by atoms with E-state index in [1.165, 1.54) is 11.1 Å². The molecule has 0 spiro atoms. The lowest BCUT2D eigenvalue weighted by Gasteiger charge is -2.10. The van der Waals surface area contributed by atoms with Gasteiger partial charge in [0.25, 0.3) is 5.91 Å². The molecule has 0 saturated heterocycles. The summed E-state index contributed by atoms with van der Waals surface area (Å²) in [6, 6.07) is 15.8. The Morgan fingerprint density at radius 1 is 1.05 bits per heavy atom. The van der Waals surface area contributed by atoms with Gasteiger partial charge in [-0.15, -0.1) is 0 Å². The Bertz CT molecular complexity index is 593. The van der Waals surface area contributed by atoms with Crippen LogP contribution in [0.3, 0.4) is 0 Å². The summed E-state index contributed by atoms with van der Waals surface area (Å²) in [6.07, 6.45) is 0.847. The molecule has 0 saturated carbocycles. The standard InChI is InChI=1S/C17H20N2O/c1-13-7-3-4-8-14(13)11-12-19-17(20)15-9-5-6-10-16(15)18-2/h3-10,18H,11-12H2,1-2H3,(H,19,20). The number of anilines is 1. The van der Waals surface area contributed by atoms with Crippen LogP contribution in [0.1, 0.15) is 21.5 Å². The molecule has 0 radical (unpaired) electrons. The number of carbonyl (C=O) groups is 1. The maximum Gasteiger partial charge on any atom is 0.253 e. The predicted octanol–water partition coefficient (Wildman–Crippen LogP) is 3.01. The fraction of sp³-hybridized carbons (Fsp3) is 0.235. The first-order chi connectivity index (χ1) is 9.72. The second-order valence-electron chi connectivity index (χ2n) is 4.73. The minimum absolute atomic E-state index is 0.0384. The fourth-order valence-corrected chi connectivity index (χ4v) is 2.20. The van der Waals surface area contributed by atoms with Crippen molar-refractivity contribution in [2.24, 2.45) is 0 Å². The van der Waals surface area contributed by atoms with E-state index in [1.807, 2.05) is 43.4 Å². The van der Waals surface area contributed by atoms with Crippen LogP contribution in [0.15, 0.2) is 48.5 Å². The van der Waals surface area contributed by atoms with Gasteiger partial charge < -0.3 is 10.6 Å². The van der Waals surface area contributed by atoms with Crippen molar-refractivity contribution >= 4 is 11.6 Å². The van der Waals surface area contributed by atoms with Crippen molar-refractivity contribution in [1.29, 1.82) is 0 Å². The molecule has 0 aliphatic rings. The molecule has 0 aromatic heterocycles. The molecule has 2 aromatic rings. The normalized spacial score (nSPS) is 10.1. The van der Waals surface area contributed by atoms with Crippen LogP contribution in [-0.2, 0) is 6.42 Å². The zero-order chi connectivity index (χ0) is 14.4. The van der Waals surface area contributed by atoms with E-state index in [9.17, 15) is 4.79 Å². The molecule has 2 rings (SSSR count). The number of hydrogen-bond donors (Lipinski definition) is 2. The average Bonchev–Trinajstić information content (AvgIpc) is 2.49. The topological polar surface area (TPSA) is 41.1 Å². The molecule has 0 heterocycles. The van der Waals surface area contributed by atoms with E-state index in [0.717, 1.165) is 12.1 Å². The summed E-state index contributed by atoms with van der Waals surface area (Å²) in [4.78, 5) is 12.1. The quantitative estimate of drug-likeness (QED) is 0.875. The van der Waals surface area contributed by atoms with Gasteiger partial charge in [-0.1, -0.05) is 36.4 Å². The molecule has 0 bridgehead atoms. The maximum absolute atomic E-state index is 12.1. The number of aryl methyl sites for hydroxylation is 1. The summed E-state index contributed by atoms with van der Waals surface area (Å²) in [6.45, 7) is 2.73. The first-order valence-electron chi connectivity index (χ1n) is 6.82. The van der Waals surface area contributed by atoms with E-state index in [1.54, 1.807) is 0 Å². The molecule has 0 aliphatic heterocycles. The first-order valence-corrected chi connectivity index (χ1v) is 6.82. The molecule has 0 atom stereocenters. The molecule has 2 N–H and O–H groups in total. The van der Waals surface area contributed by atoms with Crippen molar-refractivity contribution < 1.29 is 4.79 Å². The highest BCUT2D eigenvalue weighted by Gasteiger charge is 2.09. The number of benzene rings is 2. The Labute approximate surface area is 120 Å². The third kappa shape index (κ3) is 3.38. The van der Waals surface area contributed by atoms with Crippen molar-refractivity contribution in [2.75, 3.05) is 18.9 Å². The van der Waals surface area contributed by atoms with Gasteiger partial charge in [-0.05, 0) is 36.6 Å². The van der Waals surface area contributed by atoms with E-state index in [2.05, 4.69) is 29.7 Å². The summed E-state index contributed by atoms with van der Waals surface area (Å²) in [5.74, 6) is -0.0384. The number of carbonyl (C=O) groups excluding carboxylic acids is 1. The van der Waals surface area contributed by atoms with Crippen LogP contribution in [0.4, 0.5) is 5.69 Å². The minimum atomic E-state index is -0.0384. The Balaban J connectivity index is 1.94. The van der Waals surface area contributed by atoms with E-state index in [0.29, 0.717) is 12.1 Å². The molecule has 3 nitrogen and oxygen atoms in total. The van der Waals surface area contributed by atoms with Crippen molar-refractivity contribution in [3.8, 4) is 0 Å². The maximum atomic E-state index is 12.1. The van der Waals surface area contributed by atoms with Crippen LogP contribution in [-0.4, -0.2) is 19.5 Å². The molecule has 0 aliphatic carbocycles. The minimum Gasteiger partial charge on any atom is -0.387 e. The van der Waals surface area contributed by atoms with Crippen molar-refractivity contribution in [3.63, 3.8) is 0 Å². The highest BCUT2D eigenvalue weighted by molar-refractivity contribution is 5.99. The SMILES string of the molecule is CNc1ccccc1C(=O)NCCc1ccccc1C. The summed E-state index contributed by atoms with van der Waals surface area (Å²) in [5, 5.41) is 6.00. The van der Waals surface area contributed by atoms with Gasteiger partial charge in [0, 0.05) is 19.3 Å². The van der Waals surface area contributed by atoms with Crippen molar-refractivity contribution in [1.82, 2.24) is 5.32 Å².